The largest absolute Gasteiger partial charge is 0.347 e. The summed E-state index contributed by atoms with van der Waals surface area (Å²) in [6.07, 6.45) is 0.796. The van der Waals surface area contributed by atoms with Gasteiger partial charge in [-0.25, -0.2) is 17.2 Å². The third-order valence-corrected chi connectivity index (χ3v) is 5.74. The molecule has 0 saturated carbocycles. The van der Waals surface area contributed by atoms with Crippen molar-refractivity contribution < 1.29 is 26.7 Å². The summed E-state index contributed by atoms with van der Waals surface area (Å²) in [7, 11) is -3.98. The minimum Gasteiger partial charge on any atom is -0.347 e. The number of nitrogens with zero attached hydrogens (tertiary/aromatic N) is 1. The highest BCUT2D eigenvalue weighted by Gasteiger charge is 2.43. The zero-order valence-corrected chi connectivity index (χ0v) is 12.0. The van der Waals surface area contributed by atoms with Crippen LogP contribution in [-0.4, -0.2) is 44.8 Å². The fourth-order valence-corrected chi connectivity index (χ4v) is 4.16. The molecule has 8 heteroatoms. The van der Waals surface area contributed by atoms with Gasteiger partial charge in [-0.15, -0.1) is 0 Å². The molecule has 2 aliphatic rings. The summed E-state index contributed by atoms with van der Waals surface area (Å²) in [6.45, 7) is 1.36. The summed E-state index contributed by atoms with van der Waals surface area (Å²) < 4.78 is 63.6. The minimum atomic E-state index is -3.98. The topological polar surface area (TPSA) is 55.8 Å². The lowest BCUT2D eigenvalue weighted by Crippen LogP contribution is -2.47. The number of ether oxygens (including phenoxy) is 2. The predicted molar refractivity (Wildman–Crippen MR) is 69.0 cm³/mol. The molecule has 0 unspecified atom stereocenters. The second kappa shape index (κ2) is 5.28. The molecule has 21 heavy (non-hydrogen) atoms. The Hall–Kier alpha value is -1.09. The lowest BCUT2D eigenvalue weighted by molar-refractivity contribution is -0.179. The van der Waals surface area contributed by atoms with Crippen LogP contribution in [0.3, 0.4) is 0 Å². The highest BCUT2D eigenvalue weighted by Crippen LogP contribution is 2.33. The van der Waals surface area contributed by atoms with Gasteiger partial charge >= 0.3 is 0 Å². The Morgan fingerprint density at radius 2 is 1.71 bits per heavy atom. The van der Waals surface area contributed by atoms with Gasteiger partial charge in [0.1, 0.15) is 16.5 Å². The van der Waals surface area contributed by atoms with Crippen LogP contribution in [0.5, 0.6) is 0 Å². The van der Waals surface area contributed by atoms with Gasteiger partial charge in [0.2, 0.25) is 10.0 Å². The molecule has 0 aromatic heterocycles. The van der Waals surface area contributed by atoms with Crippen molar-refractivity contribution in [2.45, 2.75) is 23.5 Å². The summed E-state index contributed by atoms with van der Waals surface area (Å²) in [6, 6.07) is 2.46. The van der Waals surface area contributed by atoms with Crippen molar-refractivity contribution in [2.24, 2.45) is 0 Å². The van der Waals surface area contributed by atoms with E-state index in [1.807, 2.05) is 0 Å². The lowest BCUT2D eigenvalue weighted by atomic mass is 10.1. The van der Waals surface area contributed by atoms with Crippen LogP contribution in [0, 0.1) is 11.6 Å². The molecule has 1 aromatic rings. The first-order valence-corrected chi connectivity index (χ1v) is 8.10. The van der Waals surface area contributed by atoms with E-state index in [0.717, 1.165) is 12.1 Å². The van der Waals surface area contributed by atoms with E-state index in [-0.39, 0.29) is 13.1 Å². The molecule has 0 amide bonds. The molecule has 116 valence electrons. The Bertz CT molecular complexity index is 634. The minimum absolute atomic E-state index is 0.180. The van der Waals surface area contributed by atoms with Gasteiger partial charge in [0.05, 0.1) is 13.2 Å². The summed E-state index contributed by atoms with van der Waals surface area (Å²) in [4.78, 5) is -0.506. The van der Waals surface area contributed by atoms with E-state index in [1.165, 1.54) is 4.31 Å². The summed E-state index contributed by atoms with van der Waals surface area (Å²) in [5.41, 5.74) is 0. The molecule has 0 atom stereocenters. The Labute approximate surface area is 121 Å². The molecule has 0 bridgehead atoms. The van der Waals surface area contributed by atoms with Crippen molar-refractivity contribution in [3.8, 4) is 0 Å². The van der Waals surface area contributed by atoms with Crippen molar-refractivity contribution in [3.63, 3.8) is 0 Å². The van der Waals surface area contributed by atoms with Gasteiger partial charge in [0.25, 0.3) is 0 Å². The van der Waals surface area contributed by atoms with Gasteiger partial charge in [-0.3, -0.25) is 0 Å². The molecule has 1 spiro atoms. The van der Waals surface area contributed by atoms with Crippen molar-refractivity contribution in [1.29, 1.82) is 0 Å². The maximum absolute atomic E-state index is 13.7. The lowest BCUT2D eigenvalue weighted by Gasteiger charge is -2.36. The molecule has 2 heterocycles. The monoisotopic (exact) mass is 319 g/mol. The van der Waals surface area contributed by atoms with Crippen LogP contribution in [0.1, 0.15) is 12.8 Å². The van der Waals surface area contributed by atoms with E-state index >= 15 is 0 Å². The Kier molecular flexibility index (Phi) is 3.73. The third-order valence-electron chi connectivity index (χ3n) is 3.81. The van der Waals surface area contributed by atoms with Crippen LogP contribution >= 0.6 is 0 Å². The zero-order chi connectivity index (χ0) is 15.1. The Morgan fingerprint density at radius 3 is 2.29 bits per heavy atom. The van der Waals surface area contributed by atoms with Crippen LogP contribution in [0.4, 0.5) is 8.78 Å². The van der Waals surface area contributed by atoms with E-state index in [0.29, 0.717) is 32.1 Å². The standard InChI is InChI=1S/C13H15F2NO4S/c14-10-1-2-12(11(15)9-10)21(17,18)16-5-3-13(4-6-16)19-7-8-20-13/h1-2,9H,3-8H2. The average Bonchev–Trinajstić information content (AvgIpc) is 2.87. The molecule has 5 nitrogen and oxygen atoms in total. The number of hydrogen-bond acceptors (Lipinski definition) is 4. The van der Waals surface area contributed by atoms with Crippen molar-refractivity contribution in [2.75, 3.05) is 26.3 Å². The van der Waals surface area contributed by atoms with E-state index in [2.05, 4.69) is 0 Å². The Morgan fingerprint density at radius 1 is 1.10 bits per heavy atom. The van der Waals surface area contributed by atoms with Crippen LogP contribution in [-0.2, 0) is 19.5 Å². The van der Waals surface area contributed by atoms with Gasteiger partial charge in [-0.1, -0.05) is 0 Å². The van der Waals surface area contributed by atoms with Gasteiger partial charge in [0, 0.05) is 32.0 Å². The summed E-state index contributed by atoms with van der Waals surface area (Å²) in [5.74, 6) is -2.59. The average molecular weight is 319 g/mol. The molecular formula is C13H15F2NO4S. The van der Waals surface area contributed by atoms with Gasteiger partial charge in [-0.05, 0) is 12.1 Å². The first kappa shape index (κ1) is 14.8. The summed E-state index contributed by atoms with van der Waals surface area (Å²) >= 11 is 0. The zero-order valence-electron chi connectivity index (χ0n) is 11.2. The second-order valence-corrected chi connectivity index (χ2v) is 6.99. The highest BCUT2D eigenvalue weighted by molar-refractivity contribution is 7.89. The number of sulfonamides is 1. The van der Waals surface area contributed by atoms with Crippen LogP contribution in [0.25, 0.3) is 0 Å². The van der Waals surface area contributed by atoms with Crippen molar-refractivity contribution >= 4 is 10.0 Å². The molecule has 0 aliphatic carbocycles. The number of rotatable bonds is 2. The van der Waals surface area contributed by atoms with Crippen molar-refractivity contribution in [1.82, 2.24) is 4.31 Å². The highest BCUT2D eigenvalue weighted by atomic mass is 32.2. The number of halogens is 2. The molecule has 0 radical (unpaired) electrons. The second-order valence-electron chi connectivity index (χ2n) is 5.09. The smallest absolute Gasteiger partial charge is 0.245 e. The Balaban J connectivity index is 1.80. The van der Waals surface area contributed by atoms with E-state index in [4.69, 9.17) is 9.47 Å². The van der Waals surface area contributed by atoms with Gasteiger partial charge < -0.3 is 9.47 Å². The predicted octanol–water partition coefficient (Wildman–Crippen LogP) is 1.49. The quantitative estimate of drug-likeness (QED) is 0.829. The maximum atomic E-state index is 13.7. The maximum Gasteiger partial charge on any atom is 0.245 e. The van der Waals surface area contributed by atoms with Crippen molar-refractivity contribution in [3.05, 3.63) is 29.8 Å². The molecule has 2 aliphatic heterocycles. The number of benzene rings is 1. The SMILES string of the molecule is O=S(=O)(c1ccc(F)cc1F)N1CCC2(CC1)OCCO2. The fraction of sp³-hybridized carbons (Fsp3) is 0.538. The normalized spacial score (nSPS) is 22.8. The first-order valence-electron chi connectivity index (χ1n) is 6.66. The molecule has 2 fully saturated rings. The molecule has 2 saturated heterocycles. The first-order chi connectivity index (χ1) is 9.93. The summed E-state index contributed by atoms with van der Waals surface area (Å²) in [5, 5.41) is 0. The fourth-order valence-electron chi connectivity index (χ4n) is 2.68. The third kappa shape index (κ3) is 2.68. The number of piperidine rings is 1. The number of hydrogen-bond donors (Lipinski definition) is 0. The van der Waals surface area contributed by atoms with E-state index in [1.54, 1.807) is 0 Å². The van der Waals surface area contributed by atoms with Crippen LogP contribution < -0.4 is 0 Å². The van der Waals surface area contributed by atoms with Crippen LogP contribution in [0.2, 0.25) is 0 Å². The van der Waals surface area contributed by atoms with Gasteiger partial charge in [0.15, 0.2) is 5.79 Å². The van der Waals surface area contributed by atoms with E-state index < -0.39 is 32.3 Å². The molecule has 3 rings (SSSR count). The van der Waals surface area contributed by atoms with Gasteiger partial charge in [-0.2, -0.15) is 4.31 Å². The van der Waals surface area contributed by atoms with Crippen LogP contribution in [0.15, 0.2) is 23.1 Å². The van der Waals surface area contributed by atoms with E-state index in [9.17, 15) is 17.2 Å². The molecule has 1 aromatic carbocycles. The molecular weight excluding hydrogens is 304 g/mol. The molecule has 0 N–H and O–H groups in total.